The van der Waals surface area contributed by atoms with Crippen molar-refractivity contribution >= 4 is 17.8 Å². The molecule has 0 radical (unpaired) electrons. The lowest BCUT2D eigenvalue weighted by molar-refractivity contribution is -0.193. The maximum Gasteiger partial charge on any atom is 0.490 e. The first-order chi connectivity index (χ1) is 17.8. The molecule has 1 spiro atoms. The predicted molar refractivity (Wildman–Crippen MR) is 125 cm³/mol. The topological polar surface area (TPSA) is 101 Å². The van der Waals surface area contributed by atoms with Crippen LogP contribution in [0.4, 0.5) is 30.7 Å². The Morgan fingerprint density at radius 1 is 0.897 bits per heavy atom. The third-order valence-corrected chi connectivity index (χ3v) is 6.19. The smallest absolute Gasteiger partial charge is 0.475 e. The number of alkyl halides is 6. The number of hydrogen-bond donors (Lipinski definition) is 2. The Labute approximate surface area is 221 Å². The van der Waals surface area contributed by atoms with Crippen LogP contribution in [0.2, 0.25) is 0 Å². The third-order valence-electron chi connectivity index (χ3n) is 6.19. The first-order valence-corrected chi connectivity index (χ1v) is 11.9. The number of likely N-dealkylation sites (tertiary alicyclic amines) is 1. The molecule has 0 unspecified atom stereocenters. The summed E-state index contributed by atoms with van der Waals surface area (Å²) in [6, 6.07) is 6.73. The van der Waals surface area contributed by atoms with Crippen molar-refractivity contribution in [3.8, 4) is 0 Å². The normalized spacial score (nSPS) is 18.2. The first kappa shape index (κ1) is 34.1. The van der Waals surface area contributed by atoms with E-state index < -0.39 is 24.3 Å². The zero-order valence-corrected chi connectivity index (χ0v) is 21.7. The number of amides is 1. The molecule has 0 aliphatic carbocycles. The Morgan fingerprint density at radius 3 is 1.72 bits per heavy atom. The molecule has 0 atom stereocenters. The minimum atomic E-state index is -5.08. The lowest BCUT2D eigenvalue weighted by Crippen LogP contribution is -2.67. The number of carboxylic acids is 2. The maximum absolute atomic E-state index is 13.2. The highest BCUT2D eigenvalue weighted by atomic mass is 19.4. The standard InChI is InChI=1S/C20H30FN3O.2C2HF3O2/c1-16(2)14-24-13-12-22(3)20(19(24)25)8-10-23(11-9-20)15-17-4-6-18(21)7-5-17;2*3-2(4,5)1(6)7/h4-7,16H,8-15H2,1-3H3;2*(H,6,7). The van der Waals surface area contributed by atoms with E-state index in [0.29, 0.717) is 11.8 Å². The predicted octanol–water partition coefficient (Wildman–Crippen LogP) is 3.86. The van der Waals surface area contributed by atoms with Gasteiger partial charge in [-0.05, 0) is 43.5 Å². The van der Waals surface area contributed by atoms with Gasteiger partial charge in [-0.3, -0.25) is 14.6 Å². The maximum atomic E-state index is 13.2. The largest absolute Gasteiger partial charge is 0.490 e. The number of nitrogens with zero attached hydrogens (tertiary/aromatic N) is 3. The van der Waals surface area contributed by atoms with Crippen LogP contribution >= 0.6 is 0 Å². The van der Waals surface area contributed by atoms with Gasteiger partial charge in [0.05, 0.1) is 0 Å². The molecular weight excluding hydrogens is 543 g/mol. The van der Waals surface area contributed by atoms with Gasteiger partial charge in [-0.2, -0.15) is 26.3 Å². The van der Waals surface area contributed by atoms with Crippen molar-refractivity contribution in [1.29, 1.82) is 0 Å². The Morgan fingerprint density at radius 2 is 1.33 bits per heavy atom. The second-order valence-electron chi connectivity index (χ2n) is 9.61. The van der Waals surface area contributed by atoms with Crippen LogP contribution in [0.5, 0.6) is 0 Å². The fraction of sp³-hybridized carbons (Fsp3) is 0.625. The van der Waals surface area contributed by atoms with Gasteiger partial charge in [0, 0.05) is 39.3 Å². The summed E-state index contributed by atoms with van der Waals surface area (Å²) in [5.74, 6) is -4.89. The van der Waals surface area contributed by atoms with Gasteiger partial charge >= 0.3 is 24.3 Å². The van der Waals surface area contributed by atoms with E-state index in [-0.39, 0.29) is 11.4 Å². The highest BCUT2D eigenvalue weighted by Gasteiger charge is 2.49. The molecule has 2 fully saturated rings. The third kappa shape index (κ3) is 10.6. The average molecular weight is 576 g/mol. The fourth-order valence-electron chi connectivity index (χ4n) is 4.18. The molecule has 3 rings (SSSR count). The number of hydrogen-bond acceptors (Lipinski definition) is 5. The minimum Gasteiger partial charge on any atom is -0.475 e. The van der Waals surface area contributed by atoms with Crippen LogP contribution in [0.25, 0.3) is 0 Å². The molecule has 0 bridgehead atoms. The summed E-state index contributed by atoms with van der Waals surface area (Å²) in [6.45, 7) is 9.63. The number of rotatable bonds is 4. The van der Waals surface area contributed by atoms with Crippen LogP contribution in [0.3, 0.4) is 0 Å². The van der Waals surface area contributed by atoms with Crippen molar-refractivity contribution in [3.05, 3.63) is 35.6 Å². The number of aliphatic carboxylic acids is 2. The quantitative estimate of drug-likeness (QED) is 0.526. The molecular formula is C24H32F7N3O5. The summed E-state index contributed by atoms with van der Waals surface area (Å²) in [5, 5.41) is 14.2. The molecule has 39 heavy (non-hydrogen) atoms. The monoisotopic (exact) mass is 575 g/mol. The number of likely N-dealkylation sites (N-methyl/N-ethyl adjacent to an activating group) is 1. The van der Waals surface area contributed by atoms with Gasteiger partial charge in [0.1, 0.15) is 11.4 Å². The van der Waals surface area contributed by atoms with E-state index >= 15 is 0 Å². The zero-order chi connectivity index (χ0) is 30.2. The molecule has 1 aromatic carbocycles. The summed E-state index contributed by atoms with van der Waals surface area (Å²) in [4.78, 5) is 37.7. The molecule has 1 aromatic rings. The number of halogens is 7. The minimum absolute atomic E-state index is 0.194. The van der Waals surface area contributed by atoms with Crippen LogP contribution in [0.1, 0.15) is 32.3 Å². The summed E-state index contributed by atoms with van der Waals surface area (Å²) >= 11 is 0. The van der Waals surface area contributed by atoms with E-state index in [1.807, 2.05) is 12.1 Å². The summed E-state index contributed by atoms with van der Waals surface area (Å²) in [6.07, 6.45) is -8.42. The van der Waals surface area contributed by atoms with Crippen molar-refractivity contribution in [2.45, 2.75) is 51.1 Å². The second kappa shape index (κ2) is 13.9. The molecule has 2 aliphatic rings. The van der Waals surface area contributed by atoms with Crippen LogP contribution < -0.4 is 0 Å². The van der Waals surface area contributed by atoms with E-state index in [4.69, 9.17) is 19.8 Å². The number of piperazine rings is 1. The number of carbonyl (C=O) groups is 3. The number of carbonyl (C=O) groups excluding carboxylic acids is 1. The van der Waals surface area contributed by atoms with E-state index in [1.54, 1.807) is 0 Å². The van der Waals surface area contributed by atoms with Crippen molar-refractivity contribution in [2.75, 3.05) is 39.8 Å². The molecule has 222 valence electrons. The highest BCUT2D eigenvalue weighted by Crippen LogP contribution is 2.33. The summed E-state index contributed by atoms with van der Waals surface area (Å²) < 4.78 is 76.5. The highest BCUT2D eigenvalue weighted by molar-refractivity contribution is 5.87. The lowest BCUT2D eigenvalue weighted by atomic mass is 9.82. The van der Waals surface area contributed by atoms with E-state index in [0.717, 1.165) is 57.7 Å². The Bertz CT molecular complexity index is 936. The van der Waals surface area contributed by atoms with E-state index in [9.17, 15) is 35.5 Å². The van der Waals surface area contributed by atoms with Gasteiger partial charge in [-0.1, -0.05) is 26.0 Å². The number of carboxylic acid groups (broad SMARTS) is 2. The molecule has 8 nitrogen and oxygen atoms in total. The molecule has 0 saturated carbocycles. The number of piperidine rings is 1. The summed E-state index contributed by atoms with van der Waals surface area (Å²) in [5.41, 5.74) is 0.800. The first-order valence-electron chi connectivity index (χ1n) is 11.9. The van der Waals surface area contributed by atoms with Crippen molar-refractivity contribution in [3.63, 3.8) is 0 Å². The van der Waals surface area contributed by atoms with E-state index in [2.05, 4.69) is 35.6 Å². The van der Waals surface area contributed by atoms with Gasteiger partial charge in [0.25, 0.3) is 0 Å². The molecule has 2 N–H and O–H groups in total. The zero-order valence-electron chi connectivity index (χ0n) is 21.7. The molecule has 2 aliphatic heterocycles. The van der Waals surface area contributed by atoms with Crippen LogP contribution in [0.15, 0.2) is 24.3 Å². The molecule has 15 heteroatoms. The molecule has 0 aromatic heterocycles. The van der Waals surface area contributed by atoms with Crippen molar-refractivity contribution in [2.24, 2.45) is 5.92 Å². The lowest BCUT2D eigenvalue weighted by Gasteiger charge is -2.52. The molecule has 2 heterocycles. The van der Waals surface area contributed by atoms with Gasteiger partial charge < -0.3 is 15.1 Å². The van der Waals surface area contributed by atoms with Gasteiger partial charge in [-0.15, -0.1) is 0 Å². The summed E-state index contributed by atoms with van der Waals surface area (Å²) in [7, 11) is 2.10. The van der Waals surface area contributed by atoms with Gasteiger partial charge in [-0.25, -0.2) is 14.0 Å². The Kier molecular flexibility index (Phi) is 12.2. The van der Waals surface area contributed by atoms with E-state index in [1.165, 1.54) is 12.1 Å². The van der Waals surface area contributed by atoms with Gasteiger partial charge in [0.2, 0.25) is 5.91 Å². The second-order valence-corrected chi connectivity index (χ2v) is 9.61. The molecule has 1 amide bonds. The average Bonchev–Trinajstić information content (AvgIpc) is 2.81. The SMILES string of the molecule is CC(C)CN1CCN(C)C2(CCN(Cc3ccc(F)cc3)CC2)C1=O.O=C(O)C(F)(F)F.O=C(O)C(F)(F)F. The molecule has 2 saturated heterocycles. The Balaban J connectivity index is 0.000000449. The van der Waals surface area contributed by atoms with Crippen LogP contribution in [-0.2, 0) is 20.9 Å². The van der Waals surface area contributed by atoms with Gasteiger partial charge in [0.15, 0.2) is 0 Å². The number of benzene rings is 1. The fourth-order valence-corrected chi connectivity index (χ4v) is 4.18. The van der Waals surface area contributed by atoms with Crippen molar-refractivity contribution < 1.29 is 55.3 Å². The Hall–Kier alpha value is -2.94. The van der Waals surface area contributed by atoms with Crippen LogP contribution in [-0.4, -0.2) is 100 Å². The van der Waals surface area contributed by atoms with Crippen LogP contribution in [0, 0.1) is 11.7 Å². The van der Waals surface area contributed by atoms with Crippen molar-refractivity contribution in [1.82, 2.24) is 14.7 Å².